The lowest BCUT2D eigenvalue weighted by atomic mass is 9.90. The molecule has 1 aromatic heterocycles. The lowest BCUT2D eigenvalue weighted by Gasteiger charge is -2.21. The van der Waals surface area contributed by atoms with E-state index in [2.05, 4.69) is 10.3 Å². The molecule has 2 nitrogen and oxygen atoms in total. The van der Waals surface area contributed by atoms with Gasteiger partial charge in [0.25, 0.3) is 0 Å². The van der Waals surface area contributed by atoms with E-state index in [0.29, 0.717) is 6.04 Å². The summed E-state index contributed by atoms with van der Waals surface area (Å²) in [6.07, 6.45) is 3.61. The average molecular weight is 282 g/mol. The highest BCUT2D eigenvalue weighted by atomic mass is 35.5. The molecule has 16 heavy (non-hydrogen) atoms. The maximum absolute atomic E-state index is 6.25. The topological polar surface area (TPSA) is 24.9 Å². The number of hydrogen-bond acceptors (Lipinski definition) is 2. The van der Waals surface area contributed by atoms with Crippen LogP contribution in [0.4, 0.5) is 0 Å². The van der Waals surface area contributed by atoms with E-state index >= 15 is 0 Å². The molecule has 0 saturated heterocycles. The molecule has 0 saturated carbocycles. The van der Waals surface area contributed by atoms with Crippen molar-refractivity contribution in [1.29, 1.82) is 0 Å². The number of hydrogen-bond donors (Lipinski definition) is 1. The van der Waals surface area contributed by atoms with Crippen LogP contribution in [0.25, 0.3) is 0 Å². The summed E-state index contributed by atoms with van der Waals surface area (Å²) in [5, 5.41) is 4.38. The summed E-state index contributed by atoms with van der Waals surface area (Å²) in [6.45, 7) is 2.93. The van der Waals surface area contributed by atoms with Crippen molar-refractivity contribution in [3.63, 3.8) is 0 Å². The first-order valence-corrected chi connectivity index (χ1v) is 5.56. The standard InChI is InChI=1S/C11H13ClN2.2ClH/c1-6-11(12)7-5-13-8-3-2-4-9(14-6)10(7)8;;/h8,13H,2-5H2,1H3;2*1H/t8-;;/m0../s1. The van der Waals surface area contributed by atoms with Crippen molar-refractivity contribution in [3.05, 3.63) is 27.5 Å². The van der Waals surface area contributed by atoms with Crippen molar-refractivity contribution >= 4 is 36.4 Å². The number of aromatic nitrogens is 1. The number of halogens is 3. The highest BCUT2D eigenvalue weighted by Gasteiger charge is 2.31. The first-order valence-electron chi connectivity index (χ1n) is 5.18. The van der Waals surface area contributed by atoms with Crippen LogP contribution in [0.2, 0.25) is 5.02 Å². The summed E-state index contributed by atoms with van der Waals surface area (Å²) in [4.78, 5) is 4.59. The third-order valence-corrected chi connectivity index (χ3v) is 3.80. The minimum Gasteiger partial charge on any atom is -0.306 e. The van der Waals surface area contributed by atoms with Crippen LogP contribution in [0.5, 0.6) is 0 Å². The molecule has 0 radical (unpaired) electrons. The lowest BCUT2D eigenvalue weighted by Crippen LogP contribution is -2.17. The molecule has 0 fully saturated rings. The van der Waals surface area contributed by atoms with E-state index in [1.165, 1.54) is 29.7 Å². The normalized spacial score (nSPS) is 20.8. The number of pyridine rings is 1. The molecule has 1 N–H and O–H groups in total. The van der Waals surface area contributed by atoms with E-state index < -0.39 is 0 Å². The fraction of sp³-hybridized carbons (Fsp3) is 0.545. The molecule has 1 aliphatic heterocycles. The molecule has 5 heteroatoms. The Morgan fingerprint density at radius 1 is 1.38 bits per heavy atom. The van der Waals surface area contributed by atoms with Crippen LogP contribution in [0.1, 0.15) is 41.4 Å². The van der Waals surface area contributed by atoms with Gasteiger partial charge in [-0.1, -0.05) is 11.6 Å². The van der Waals surface area contributed by atoms with Crippen molar-refractivity contribution in [2.45, 2.75) is 38.8 Å². The van der Waals surface area contributed by atoms with Gasteiger partial charge in [-0.3, -0.25) is 4.98 Å². The highest BCUT2D eigenvalue weighted by molar-refractivity contribution is 6.32. The monoisotopic (exact) mass is 280 g/mol. The molecule has 0 amide bonds. The van der Waals surface area contributed by atoms with Crippen molar-refractivity contribution in [2.24, 2.45) is 0 Å². The van der Waals surface area contributed by atoms with Gasteiger partial charge in [-0.15, -0.1) is 24.8 Å². The largest absolute Gasteiger partial charge is 0.306 e. The van der Waals surface area contributed by atoms with Crippen LogP contribution < -0.4 is 5.32 Å². The molecular weight excluding hydrogens is 266 g/mol. The Labute approximate surface area is 113 Å². The molecule has 0 bridgehead atoms. The fourth-order valence-corrected chi connectivity index (χ4v) is 2.86. The van der Waals surface area contributed by atoms with Crippen LogP contribution in [0.15, 0.2) is 0 Å². The summed E-state index contributed by atoms with van der Waals surface area (Å²) in [6, 6.07) is 0.527. The second-order valence-electron chi connectivity index (χ2n) is 4.18. The van der Waals surface area contributed by atoms with Gasteiger partial charge in [0.05, 0.1) is 10.7 Å². The Bertz CT molecular complexity index is 407. The quantitative estimate of drug-likeness (QED) is 0.789. The Morgan fingerprint density at radius 3 is 2.88 bits per heavy atom. The Hall–Kier alpha value is -0.0200. The van der Waals surface area contributed by atoms with Gasteiger partial charge in [0, 0.05) is 18.3 Å². The summed E-state index contributed by atoms with van der Waals surface area (Å²) in [7, 11) is 0. The lowest BCUT2D eigenvalue weighted by molar-refractivity contribution is 0.493. The second kappa shape index (κ2) is 5.09. The number of aryl methyl sites for hydroxylation is 2. The van der Waals surface area contributed by atoms with Gasteiger partial charge in [0.1, 0.15) is 0 Å². The van der Waals surface area contributed by atoms with Crippen molar-refractivity contribution in [3.8, 4) is 0 Å². The van der Waals surface area contributed by atoms with E-state index in [4.69, 9.17) is 11.6 Å². The molecule has 1 atom stereocenters. The first-order chi connectivity index (χ1) is 6.77. The van der Waals surface area contributed by atoms with Gasteiger partial charge in [0.2, 0.25) is 0 Å². The molecule has 1 aromatic rings. The van der Waals surface area contributed by atoms with Crippen LogP contribution in [0, 0.1) is 6.92 Å². The van der Waals surface area contributed by atoms with Gasteiger partial charge in [-0.2, -0.15) is 0 Å². The van der Waals surface area contributed by atoms with E-state index in [1.807, 2.05) is 6.92 Å². The molecule has 0 unspecified atom stereocenters. The molecular formula is C11H15Cl3N2. The summed E-state index contributed by atoms with van der Waals surface area (Å²) in [5.41, 5.74) is 4.98. The van der Waals surface area contributed by atoms with Crippen LogP contribution in [0.3, 0.4) is 0 Å². The molecule has 0 spiro atoms. The second-order valence-corrected chi connectivity index (χ2v) is 4.55. The van der Waals surface area contributed by atoms with Crippen LogP contribution >= 0.6 is 36.4 Å². The average Bonchev–Trinajstić information content (AvgIpc) is 2.60. The predicted molar refractivity (Wildman–Crippen MR) is 71.0 cm³/mol. The molecule has 3 rings (SSSR count). The van der Waals surface area contributed by atoms with Crippen molar-refractivity contribution in [2.75, 3.05) is 0 Å². The Balaban J connectivity index is 0.000000640. The summed E-state index contributed by atoms with van der Waals surface area (Å²) < 4.78 is 0. The Morgan fingerprint density at radius 2 is 2.12 bits per heavy atom. The SMILES string of the molecule is Cc1nc2c3c(c1Cl)CN[C@H]3CCC2.Cl.Cl. The minimum absolute atomic E-state index is 0. The molecule has 90 valence electrons. The van der Waals surface area contributed by atoms with Crippen LogP contribution in [-0.4, -0.2) is 4.98 Å². The van der Waals surface area contributed by atoms with Gasteiger partial charge < -0.3 is 5.32 Å². The summed E-state index contributed by atoms with van der Waals surface area (Å²) >= 11 is 6.25. The van der Waals surface area contributed by atoms with Gasteiger partial charge >= 0.3 is 0 Å². The van der Waals surface area contributed by atoms with E-state index in [9.17, 15) is 0 Å². The zero-order valence-electron chi connectivity index (χ0n) is 9.05. The zero-order chi connectivity index (χ0) is 9.71. The molecule has 2 heterocycles. The van der Waals surface area contributed by atoms with E-state index in [-0.39, 0.29) is 24.8 Å². The first kappa shape index (κ1) is 14.0. The molecule has 0 aromatic carbocycles. The Kier molecular flexibility index (Phi) is 4.47. The van der Waals surface area contributed by atoms with E-state index in [1.54, 1.807) is 0 Å². The van der Waals surface area contributed by atoms with Gasteiger partial charge in [-0.05, 0) is 37.3 Å². The number of nitrogens with zero attached hydrogens (tertiary/aromatic N) is 1. The number of nitrogens with one attached hydrogen (secondary N) is 1. The highest BCUT2D eigenvalue weighted by Crippen LogP contribution is 2.39. The zero-order valence-corrected chi connectivity index (χ0v) is 11.4. The molecule has 1 aliphatic carbocycles. The van der Waals surface area contributed by atoms with Crippen LogP contribution in [-0.2, 0) is 13.0 Å². The smallest absolute Gasteiger partial charge is 0.0667 e. The molecule has 2 aliphatic rings. The third-order valence-electron chi connectivity index (χ3n) is 3.30. The summed E-state index contributed by atoms with van der Waals surface area (Å²) in [5.74, 6) is 0. The van der Waals surface area contributed by atoms with Crippen molar-refractivity contribution < 1.29 is 0 Å². The maximum Gasteiger partial charge on any atom is 0.0667 e. The fourth-order valence-electron chi connectivity index (χ4n) is 2.64. The number of rotatable bonds is 0. The maximum atomic E-state index is 6.25. The predicted octanol–water partition coefficient (Wildman–Crippen LogP) is 3.37. The van der Waals surface area contributed by atoms with Crippen molar-refractivity contribution in [1.82, 2.24) is 10.3 Å². The minimum atomic E-state index is 0. The van der Waals surface area contributed by atoms with E-state index in [0.717, 1.165) is 23.7 Å². The van der Waals surface area contributed by atoms with Gasteiger partial charge in [0.15, 0.2) is 0 Å². The third kappa shape index (κ3) is 1.92. The van der Waals surface area contributed by atoms with Gasteiger partial charge in [-0.25, -0.2) is 0 Å².